The molecular weight excluding hydrogens is 378 g/mol. The van der Waals surface area contributed by atoms with Crippen LogP contribution < -0.4 is 4.90 Å². The van der Waals surface area contributed by atoms with Crippen LogP contribution in [0.1, 0.15) is 35.1 Å². The summed E-state index contributed by atoms with van der Waals surface area (Å²) in [4.78, 5) is 21.8. The molecule has 0 amide bonds. The highest BCUT2D eigenvalue weighted by Gasteiger charge is 2.27. The number of carbonyl (C=O) groups is 1. The number of aromatic amines is 1. The first-order valence-corrected chi connectivity index (χ1v) is 10.6. The van der Waals surface area contributed by atoms with Crippen molar-refractivity contribution >= 4 is 28.8 Å². The maximum absolute atomic E-state index is 11.9. The lowest BCUT2D eigenvalue weighted by Crippen LogP contribution is -2.34. The second-order valence-electron chi connectivity index (χ2n) is 8.19. The van der Waals surface area contributed by atoms with E-state index in [2.05, 4.69) is 14.9 Å². The number of phenolic OH excluding ortho intramolecular Hbond substituents is 1. The lowest BCUT2D eigenvalue weighted by atomic mass is 9.89. The van der Waals surface area contributed by atoms with E-state index < -0.39 is 12.0 Å². The largest absolute Gasteiger partial charge is 0.507 e. The number of aromatic hydroxyl groups is 1. The van der Waals surface area contributed by atoms with Crippen LogP contribution in [0.15, 0.2) is 41.5 Å². The molecule has 0 radical (unpaired) electrons. The van der Waals surface area contributed by atoms with Crippen molar-refractivity contribution in [1.29, 1.82) is 0 Å². The molecular formula is C24H25N3O3. The van der Waals surface area contributed by atoms with Gasteiger partial charge in [-0.1, -0.05) is 18.2 Å². The van der Waals surface area contributed by atoms with E-state index in [0.29, 0.717) is 12.0 Å². The molecule has 3 N–H and O–H groups in total. The Hall–Kier alpha value is -3.28. The second kappa shape index (κ2) is 7.52. The van der Waals surface area contributed by atoms with Crippen LogP contribution in [-0.4, -0.2) is 46.5 Å². The first kappa shape index (κ1) is 18.7. The van der Waals surface area contributed by atoms with E-state index in [1.54, 1.807) is 6.21 Å². The highest BCUT2D eigenvalue weighted by atomic mass is 16.4. The van der Waals surface area contributed by atoms with Gasteiger partial charge in [0.05, 0.1) is 0 Å². The first-order valence-electron chi connectivity index (χ1n) is 10.6. The summed E-state index contributed by atoms with van der Waals surface area (Å²) in [6.45, 7) is 2.08. The van der Waals surface area contributed by atoms with Crippen molar-refractivity contribution in [3.63, 3.8) is 0 Å². The van der Waals surface area contributed by atoms with Gasteiger partial charge >= 0.3 is 5.97 Å². The monoisotopic (exact) mass is 403 g/mol. The van der Waals surface area contributed by atoms with Crippen LogP contribution >= 0.6 is 0 Å². The van der Waals surface area contributed by atoms with Crippen LogP contribution in [0, 0.1) is 0 Å². The first-order chi connectivity index (χ1) is 14.6. The van der Waals surface area contributed by atoms with Gasteiger partial charge in [0.15, 0.2) is 6.04 Å². The van der Waals surface area contributed by atoms with Crippen molar-refractivity contribution in [1.82, 2.24) is 4.98 Å². The highest BCUT2D eigenvalue weighted by Crippen LogP contribution is 2.41. The van der Waals surface area contributed by atoms with Gasteiger partial charge in [-0.15, -0.1) is 0 Å². The molecule has 30 heavy (non-hydrogen) atoms. The number of aromatic nitrogens is 1. The molecule has 3 heterocycles. The fourth-order valence-electron chi connectivity index (χ4n) is 4.85. The quantitative estimate of drug-likeness (QED) is 0.567. The SMILES string of the molecule is O=C(O)[C@H](Cc1c[nH]c2ccccc12)N=Cc1cc2c3c(c1O)CCCN3CCC2. The Morgan fingerprint density at radius 1 is 1.23 bits per heavy atom. The average molecular weight is 403 g/mol. The van der Waals surface area contributed by atoms with Crippen LogP contribution in [0.2, 0.25) is 0 Å². The van der Waals surface area contributed by atoms with Crippen molar-refractivity contribution in [2.75, 3.05) is 18.0 Å². The molecule has 154 valence electrons. The second-order valence-corrected chi connectivity index (χ2v) is 8.19. The molecule has 6 nitrogen and oxygen atoms in total. The van der Waals surface area contributed by atoms with Gasteiger partial charge in [-0.25, -0.2) is 4.79 Å². The van der Waals surface area contributed by atoms with Gasteiger partial charge in [0.2, 0.25) is 0 Å². The predicted molar refractivity (Wildman–Crippen MR) is 118 cm³/mol. The summed E-state index contributed by atoms with van der Waals surface area (Å²) in [5, 5.41) is 21.6. The number of nitrogens with one attached hydrogen (secondary N) is 1. The molecule has 0 saturated heterocycles. The molecule has 0 spiro atoms. The van der Waals surface area contributed by atoms with Crippen molar-refractivity contribution in [3.05, 3.63) is 58.8 Å². The molecule has 6 heteroatoms. The molecule has 0 bridgehead atoms. The Kier molecular flexibility index (Phi) is 4.69. The minimum absolute atomic E-state index is 0.250. The number of hydrogen-bond acceptors (Lipinski definition) is 4. The Balaban J connectivity index is 1.46. The maximum atomic E-state index is 11.9. The van der Waals surface area contributed by atoms with E-state index in [-0.39, 0.29) is 5.75 Å². The van der Waals surface area contributed by atoms with Crippen molar-refractivity contribution in [3.8, 4) is 5.75 Å². The molecule has 1 atom stereocenters. The summed E-state index contributed by atoms with van der Waals surface area (Å²) in [7, 11) is 0. The van der Waals surface area contributed by atoms with Gasteiger partial charge in [0.25, 0.3) is 0 Å². The number of carboxylic acid groups (broad SMARTS) is 1. The molecule has 0 unspecified atom stereocenters. The number of hydrogen-bond donors (Lipinski definition) is 3. The number of para-hydroxylation sites is 1. The predicted octanol–water partition coefficient (Wildman–Crippen LogP) is 3.69. The average Bonchev–Trinajstić information content (AvgIpc) is 3.17. The Labute approximate surface area is 174 Å². The number of H-pyrrole nitrogens is 1. The highest BCUT2D eigenvalue weighted by molar-refractivity contribution is 5.90. The number of anilines is 1. The Bertz CT molecular complexity index is 1150. The van der Waals surface area contributed by atoms with Crippen LogP contribution in [0.25, 0.3) is 10.9 Å². The van der Waals surface area contributed by atoms with Crippen LogP contribution in [0.4, 0.5) is 5.69 Å². The third kappa shape index (κ3) is 3.22. The number of aryl methyl sites for hydroxylation is 1. The topological polar surface area (TPSA) is 88.9 Å². The number of aliphatic imine (C=N–C) groups is 1. The summed E-state index contributed by atoms with van der Waals surface area (Å²) >= 11 is 0. The number of benzene rings is 2. The lowest BCUT2D eigenvalue weighted by molar-refractivity contribution is -0.138. The van der Waals surface area contributed by atoms with Crippen LogP contribution in [-0.2, 0) is 24.1 Å². The molecule has 5 rings (SSSR count). The van der Waals surface area contributed by atoms with Crippen molar-refractivity contribution in [2.24, 2.45) is 4.99 Å². The zero-order chi connectivity index (χ0) is 20.7. The standard InChI is InChI=1S/C24H25N3O3/c28-23-17(11-15-5-3-9-27-10-4-7-19(23)22(15)27)14-26-21(24(29)30)12-16-13-25-20-8-2-1-6-18(16)20/h1-2,6,8,11,13-14,21,25,28H,3-5,7,9-10,12H2,(H,29,30)/t21-/m0/s1. The van der Waals surface area contributed by atoms with Gasteiger partial charge in [0, 0.05) is 59.6 Å². The molecule has 3 aromatic rings. The lowest BCUT2D eigenvalue weighted by Gasteiger charge is -2.37. The van der Waals surface area contributed by atoms with Gasteiger partial charge in [-0.3, -0.25) is 4.99 Å². The minimum atomic E-state index is -0.971. The van der Waals surface area contributed by atoms with Gasteiger partial charge in [-0.2, -0.15) is 0 Å². The smallest absolute Gasteiger partial charge is 0.328 e. The van der Waals surface area contributed by atoms with Gasteiger partial charge < -0.3 is 20.1 Å². The molecule has 1 aromatic heterocycles. The number of aliphatic carboxylic acids is 1. The fourth-order valence-corrected chi connectivity index (χ4v) is 4.85. The zero-order valence-electron chi connectivity index (χ0n) is 16.8. The van der Waals surface area contributed by atoms with E-state index in [1.165, 1.54) is 11.3 Å². The summed E-state index contributed by atoms with van der Waals surface area (Å²) in [6, 6.07) is 8.92. The summed E-state index contributed by atoms with van der Waals surface area (Å²) in [5.41, 5.74) is 5.95. The van der Waals surface area contributed by atoms with Gasteiger partial charge in [-0.05, 0) is 48.9 Å². The fraction of sp³-hybridized carbons (Fsp3) is 0.333. The summed E-state index contributed by atoms with van der Waals surface area (Å²) < 4.78 is 0. The van der Waals surface area contributed by atoms with Crippen molar-refractivity contribution in [2.45, 2.75) is 38.1 Å². The molecule has 2 aliphatic rings. The summed E-state index contributed by atoms with van der Waals surface area (Å²) in [6.07, 6.45) is 7.66. The Morgan fingerprint density at radius 2 is 2.03 bits per heavy atom. The Morgan fingerprint density at radius 3 is 2.87 bits per heavy atom. The summed E-state index contributed by atoms with van der Waals surface area (Å²) in [5.74, 6) is -0.721. The number of nitrogens with zero attached hydrogens (tertiary/aromatic N) is 2. The number of phenols is 1. The third-order valence-corrected chi connectivity index (χ3v) is 6.29. The zero-order valence-corrected chi connectivity index (χ0v) is 16.8. The van der Waals surface area contributed by atoms with E-state index in [4.69, 9.17) is 0 Å². The molecule has 0 aliphatic carbocycles. The normalized spacial score (nSPS) is 16.7. The van der Waals surface area contributed by atoms with Crippen LogP contribution in [0.3, 0.4) is 0 Å². The molecule has 0 fully saturated rings. The maximum Gasteiger partial charge on any atom is 0.328 e. The minimum Gasteiger partial charge on any atom is -0.507 e. The molecule has 2 aromatic carbocycles. The number of carboxylic acids is 1. The number of fused-ring (bicyclic) bond motifs is 1. The van der Waals surface area contributed by atoms with E-state index in [0.717, 1.165) is 60.8 Å². The molecule has 2 aliphatic heterocycles. The van der Waals surface area contributed by atoms with E-state index in [9.17, 15) is 15.0 Å². The van der Waals surface area contributed by atoms with Crippen molar-refractivity contribution < 1.29 is 15.0 Å². The van der Waals surface area contributed by atoms with E-state index in [1.807, 2.05) is 36.5 Å². The number of rotatable bonds is 5. The van der Waals surface area contributed by atoms with Gasteiger partial charge in [0.1, 0.15) is 5.75 Å². The third-order valence-electron chi connectivity index (χ3n) is 6.29. The van der Waals surface area contributed by atoms with Crippen LogP contribution in [0.5, 0.6) is 5.75 Å². The van der Waals surface area contributed by atoms with E-state index >= 15 is 0 Å². The molecule has 0 saturated carbocycles.